The fourth-order valence-corrected chi connectivity index (χ4v) is 3.47. The molecule has 2 aliphatic rings. The molecule has 2 rings (SSSR count). The predicted octanol–water partition coefficient (Wildman–Crippen LogP) is 1.45. The topological polar surface area (TPSA) is 48.1 Å². The Morgan fingerprint density at radius 3 is 2.50 bits per heavy atom. The van der Waals surface area contributed by atoms with Crippen LogP contribution in [0, 0.1) is 5.92 Å². The Kier molecular flexibility index (Phi) is 7.46. The first-order chi connectivity index (χ1) is 10.7. The Balaban J connectivity index is 1.56. The van der Waals surface area contributed by atoms with Crippen molar-refractivity contribution in [3.8, 4) is 0 Å². The van der Waals surface area contributed by atoms with Gasteiger partial charge in [0.15, 0.2) is 5.96 Å². The molecule has 2 saturated heterocycles. The van der Waals surface area contributed by atoms with Crippen molar-refractivity contribution in [2.75, 3.05) is 58.9 Å². The number of likely N-dealkylation sites (N-methyl/N-ethyl adjacent to an activating group) is 1. The van der Waals surface area contributed by atoms with E-state index in [1.165, 1.54) is 58.5 Å². The van der Waals surface area contributed by atoms with Gasteiger partial charge in [-0.2, -0.15) is 0 Å². The molecular weight excluding hydrogens is 274 g/mol. The lowest BCUT2D eigenvalue weighted by atomic mass is 10.0. The number of aliphatic imine (C=N–C) groups is 1. The summed E-state index contributed by atoms with van der Waals surface area (Å²) in [6.45, 7) is 14.9. The van der Waals surface area contributed by atoms with Crippen LogP contribution in [0.5, 0.6) is 0 Å². The van der Waals surface area contributed by atoms with E-state index in [1.54, 1.807) is 0 Å². The van der Waals surface area contributed by atoms with Crippen molar-refractivity contribution in [2.24, 2.45) is 16.6 Å². The third kappa shape index (κ3) is 5.76. The standard InChI is InChI=1S/C17H35N5/c1-3-20-11-13-21(14-12-20)9-5-4-8-19-17(18)22-10-6-7-16(2)15-22/h16H,3-15H2,1-2H3,(H2,18,19). The molecule has 0 spiro atoms. The minimum atomic E-state index is 0.754. The number of piperazine rings is 1. The van der Waals surface area contributed by atoms with Gasteiger partial charge in [0.25, 0.3) is 0 Å². The second-order valence-corrected chi connectivity index (χ2v) is 6.92. The summed E-state index contributed by atoms with van der Waals surface area (Å²) in [6.07, 6.45) is 4.97. The highest BCUT2D eigenvalue weighted by Crippen LogP contribution is 2.14. The first kappa shape index (κ1) is 17.5. The van der Waals surface area contributed by atoms with Crippen LogP contribution in [-0.2, 0) is 0 Å². The van der Waals surface area contributed by atoms with E-state index in [4.69, 9.17) is 5.73 Å². The van der Waals surface area contributed by atoms with Crippen LogP contribution in [0.4, 0.5) is 0 Å². The van der Waals surface area contributed by atoms with Crippen molar-refractivity contribution in [1.29, 1.82) is 0 Å². The summed E-state index contributed by atoms with van der Waals surface area (Å²) in [4.78, 5) is 12.0. The number of nitrogens with zero attached hydrogens (tertiary/aromatic N) is 4. The van der Waals surface area contributed by atoms with Crippen molar-refractivity contribution in [1.82, 2.24) is 14.7 Å². The van der Waals surface area contributed by atoms with Gasteiger partial charge < -0.3 is 20.4 Å². The molecule has 5 nitrogen and oxygen atoms in total. The zero-order chi connectivity index (χ0) is 15.8. The van der Waals surface area contributed by atoms with Gasteiger partial charge in [-0.05, 0) is 44.7 Å². The van der Waals surface area contributed by atoms with E-state index in [0.717, 1.165) is 37.9 Å². The Labute approximate surface area is 136 Å². The van der Waals surface area contributed by atoms with Gasteiger partial charge in [-0.1, -0.05) is 13.8 Å². The van der Waals surface area contributed by atoms with Crippen LogP contribution in [0.3, 0.4) is 0 Å². The number of nitrogens with two attached hydrogens (primary N) is 1. The molecule has 0 aromatic heterocycles. The highest BCUT2D eigenvalue weighted by molar-refractivity contribution is 5.78. The highest BCUT2D eigenvalue weighted by Gasteiger charge is 2.17. The number of hydrogen-bond donors (Lipinski definition) is 1. The average Bonchev–Trinajstić information content (AvgIpc) is 2.55. The van der Waals surface area contributed by atoms with E-state index in [0.29, 0.717) is 0 Å². The molecule has 0 aliphatic carbocycles. The van der Waals surface area contributed by atoms with Crippen molar-refractivity contribution >= 4 is 5.96 Å². The number of unbranched alkanes of at least 4 members (excludes halogenated alkanes) is 1. The maximum absolute atomic E-state index is 6.13. The van der Waals surface area contributed by atoms with E-state index >= 15 is 0 Å². The van der Waals surface area contributed by atoms with Gasteiger partial charge in [0, 0.05) is 45.8 Å². The Morgan fingerprint density at radius 1 is 1.09 bits per heavy atom. The lowest BCUT2D eigenvalue weighted by Gasteiger charge is -2.34. The molecule has 2 heterocycles. The van der Waals surface area contributed by atoms with Gasteiger partial charge in [-0.15, -0.1) is 0 Å². The quantitative estimate of drug-likeness (QED) is 0.458. The van der Waals surface area contributed by atoms with Crippen LogP contribution in [0.2, 0.25) is 0 Å². The van der Waals surface area contributed by atoms with Gasteiger partial charge in [0.2, 0.25) is 0 Å². The molecule has 2 aliphatic heterocycles. The van der Waals surface area contributed by atoms with Crippen molar-refractivity contribution in [2.45, 2.75) is 39.5 Å². The molecule has 5 heteroatoms. The first-order valence-corrected chi connectivity index (χ1v) is 9.18. The molecule has 22 heavy (non-hydrogen) atoms. The molecule has 1 atom stereocenters. The lowest BCUT2D eigenvalue weighted by Crippen LogP contribution is -2.46. The van der Waals surface area contributed by atoms with E-state index in [1.807, 2.05) is 0 Å². The highest BCUT2D eigenvalue weighted by atomic mass is 15.3. The zero-order valence-electron chi connectivity index (χ0n) is 14.6. The molecule has 1 unspecified atom stereocenters. The van der Waals surface area contributed by atoms with Gasteiger partial charge in [-0.25, -0.2) is 0 Å². The number of guanidine groups is 1. The number of piperidine rings is 1. The summed E-state index contributed by atoms with van der Waals surface area (Å²) in [6, 6.07) is 0. The van der Waals surface area contributed by atoms with Gasteiger partial charge >= 0.3 is 0 Å². The first-order valence-electron chi connectivity index (χ1n) is 9.18. The number of likely N-dealkylation sites (tertiary alicyclic amines) is 1. The molecule has 128 valence electrons. The van der Waals surface area contributed by atoms with Crippen LogP contribution in [0.1, 0.15) is 39.5 Å². The molecule has 0 bridgehead atoms. The van der Waals surface area contributed by atoms with Crippen molar-refractivity contribution in [3.05, 3.63) is 0 Å². The molecule has 0 aromatic rings. The number of hydrogen-bond acceptors (Lipinski definition) is 3. The molecule has 2 fully saturated rings. The smallest absolute Gasteiger partial charge is 0.191 e. The van der Waals surface area contributed by atoms with Gasteiger partial charge in [0.1, 0.15) is 0 Å². The number of rotatable bonds is 6. The molecule has 0 amide bonds. The molecule has 0 saturated carbocycles. The fraction of sp³-hybridized carbons (Fsp3) is 0.941. The third-order valence-electron chi connectivity index (χ3n) is 5.05. The Morgan fingerprint density at radius 2 is 1.82 bits per heavy atom. The molecule has 2 N–H and O–H groups in total. The Hall–Kier alpha value is -0.810. The summed E-state index contributed by atoms with van der Waals surface area (Å²) in [7, 11) is 0. The SMILES string of the molecule is CCN1CCN(CCCCN=C(N)N2CCCC(C)C2)CC1. The third-order valence-corrected chi connectivity index (χ3v) is 5.05. The van der Waals surface area contributed by atoms with Crippen LogP contribution in [-0.4, -0.2) is 79.6 Å². The largest absolute Gasteiger partial charge is 0.370 e. The van der Waals surface area contributed by atoms with E-state index in [-0.39, 0.29) is 0 Å². The van der Waals surface area contributed by atoms with E-state index in [9.17, 15) is 0 Å². The normalized spacial score (nSPS) is 25.6. The summed E-state index contributed by atoms with van der Waals surface area (Å²) >= 11 is 0. The van der Waals surface area contributed by atoms with E-state index < -0.39 is 0 Å². The van der Waals surface area contributed by atoms with Gasteiger partial charge in [0.05, 0.1) is 0 Å². The Bertz CT molecular complexity index is 336. The maximum atomic E-state index is 6.13. The minimum absolute atomic E-state index is 0.754. The lowest BCUT2D eigenvalue weighted by molar-refractivity contribution is 0.136. The predicted molar refractivity (Wildman–Crippen MR) is 94.2 cm³/mol. The van der Waals surface area contributed by atoms with Crippen LogP contribution in [0.15, 0.2) is 4.99 Å². The van der Waals surface area contributed by atoms with Crippen molar-refractivity contribution in [3.63, 3.8) is 0 Å². The molecular formula is C17H35N5. The van der Waals surface area contributed by atoms with Gasteiger partial charge in [-0.3, -0.25) is 4.99 Å². The maximum Gasteiger partial charge on any atom is 0.191 e. The molecule has 0 aromatic carbocycles. The van der Waals surface area contributed by atoms with E-state index in [2.05, 4.69) is 33.5 Å². The van der Waals surface area contributed by atoms with Crippen LogP contribution >= 0.6 is 0 Å². The van der Waals surface area contributed by atoms with Crippen LogP contribution in [0.25, 0.3) is 0 Å². The monoisotopic (exact) mass is 309 g/mol. The summed E-state index contributed by atoms with van der Waals surface area (Å²) in [5, 5.41) is 0. The minimum Gasteiger partial charge on any atom is -0.370 e. The summed E-state index contributed by atoms with van der Waals surface area (Å²) in [5.41, 5.74) is 6.13. The average molecular weight is 310 g/mol. The van der Waals surface area contributed by atoms with Crippen LogP contribution < -0.4 is 5.73 Å². The summed E-state index contributed by atoms with van der Waals surface area (Å²) < 4.78 is 0. The second-order valence-electron chi connectivity index (χ2n) is 6.92. The zero-order valence-corrected chi connectivity index (χ0v) is 14.6. The van der Waals surface area contributed by atoms with Crippen molar-refractivity contribution < 1.29 is 0 Å². The second kappa shape index (κ2) is 9.36. The fourth-order valence-electron chi connectivity index (χ4n) is 3.47. The summed E-state index contributed by atoms with van der Waals surface area (Å²) in [5.74, 6) is 1.52. The molecule has 0 radical (unpaired) electrons.